The minimum absolute atomic E-state index is 0.0322. The van der Waals surface area contributed by atoms with Gasteiger partial charge in [0.1, 0.15) is 12.0 Å². The molecule has 1 N–H and O–H groups in total. The molecule has 2 heterocycles. The molecular formula is C62H44N4. The minimum atomic E-state index is -0.341. The van der Waals surface area contributed by atoms with E-state index in [-0.39, 0.29) is 11.6 Å². The van der Waals surface area contributed by atoms with Crippen molar-refractivity contribution in [2.24, 2.45) is 9.98 Å². The zero-order chi connectivity index (χ0) is 43.9. The molecule has 4 heteroatoms. The number of nitrogens with zero attached hydrogens (tertiary/aromatic N) is 3. The first kappa shape index (κ1) is 38.1. The Balaban J connectivity index is 0.849. The third-order valence-corrected chi connectivity index (χ3v) is 14.0. The number of para-hydroxylation sites is 1. The Hall–Kier alpha value is -8.34. The molecule has 0 saturated carbocycles. The van der Waals surface area contributed by atoms with Crippen LogP contribution in [0.1, 0.15) is 47.8 Å². The van der Waals surface area contributed by atoms with Gasteiger partial charge in [-0.05, 0) is 114 Å². The second-order valence-corrected chi connectivity index (χ2v) is 18.3. The number of aliphatic imine (C=N–C) groups is 2. The van der Waals surface area contributed by atoms with Gasteiger partial charge in [0.2, 0.25) is 0 Å². The summed E-state index contributed by atoms with van der Waals surface area (Å²) in [6.45, 7) is 4.69. The summed E-state index contributed by atoms with van der Waals surface area (Å²) >= 11 is 0. The van der Waals surface area contributed by atoms with Gasteiger partial charge in [0, 0.05) is 33.0 Å². The van der Waals surface area contributed by atoms with E-state index >= 15 is 0 Å². The summed E-state index contributed by atoms with van der Waals surface area (Å²) < 4.78 is 2.40. The molecule has 0 bridgehead atoms. The largest absolute Gasteiger partial charge is 0.344 e. The SMILES string of the molecule is CC1(C)c2ccccc2-c2ccc(-c3ccc(-c4ccc5c6ccccc6n(-c6ccc(C7N=C(c8ccc9ccccc9c8)N=C(c8ccc9ccccc9c8)N7)cc6)c5c4)cc3)cc21. The van der Waals surface area contributed by atoms with E-state index in [1.807, 2.05) is 0 Å². The lowest BCUT2D eigenvalue weighted by Gasteiger charge is -2.24. The van der Waals surface area contributed by atoms with Gasteiger partial charge in [-0.15, -0.1) is 0 Å². The van der Waals surface area contributed by atoms with Crippen LogP contribution in [0.5, 0.6) is 0 Å². The molecule has 0 fully saturated rings. The van der Waals surface area contributed by atoms with E-state index in [1.165, 1.54) is 82.5 Å². The zero-order valence-corrected chi connectivity index (χ0v) is 36.7. The number of fused-ring (bicyclic) bond motifs is 8. The van der Waals surface area contributed by atoms with E-state index in [0.29, 0.717) is 5.84 Å². The first-order valence-corrected chi connectivity index (χ1v) is 22.8. The first-order chi connectivity index (χ1) is 32.4. The van der Waals surface area contributed by atoms with Gasteiger partial charge in [-0.1, -0.05) is 190 Å². The van der Waals surface area contributed by atoms with Crippen LogP contribution >= 0.6 is 0 Å². The van der Waals surface area contributed by atoms with Gasteiger partial charge in [-0.25, -0.2) is 9.98 Å². The Morgan fingerprint density at radius 2 is 0.985 bits per heavy atom. The maximum absolute atomic E-state index is 5.27. The van der Waals surface area contributed by atoms with Crippen molar-refractivity contribution in [1.82, 2.24) is 9.88 Å². The molecule has 2 aliphatic rings. The molecule has 1 unspecified atom stereocenters. The molecule has 13 rings (SSSR count). The van der Waals surface area contributed by atoms with Crippen LogP contribution in [-0.4, -0.2) is 16.2 Å². The standard InChI is InChI=1S/C62H44N4/c1-62(2)55-17-9-7-15-51(55)52-33-29-46(37-56(52)62)41-19-21-42(22-20-41)47-30-34-54-53-16-8-10-18-57(53)66(58(54)38-47)50-31-27-43(28-32-50)59-63-60(48-25-23-39-11-3-5-13-44(39)35-48)65-61(64-59)49-26-24-40-12-4-6-14-45(40)36-49/h3-38,59H,1-2H3,(H,63,64,65). The molecule has 0 spiro atoms. The Kier molecular flexibility index (Phi) is 8.59. The monoisotopic (exact) mass is 844 g/mol. The second-order valence-electron chi connectivity index (χ2n) is 18.3. The number of nitrogens with one attached hydrogen (secondary N) is 1. The van der Waals surface area contributed by atoms with Gasteiger partial charge < -0.3 is 9.88 Å². The van der Waals surface area contributed by atoms with Crippen molar-refractivity contribution in [3.8, 4) is 39.1 Å². The van der Waals surface area contributed by atoms with Crippen LogP contribution < -0.4 is 5.32 Å². The van der Waals surface area contributed by atoms with Crippen molar-refractivity contribution in [2.75, 3.05) is 0 Å². The van der Waals surface area contributed by atoms with E-state index in [2.05, 4.69) is 242 Å². The first-order valence-electron chi connectivity index (χ1n) is 22.8. The fraction of sp³-hybridized carbons (Fsp3) is 0.0645. The van der Waals surface area contributed by atoms with E-state index in [4.69, 9.17) is 9.98 Å². The normalized spacial score (nSPS) is 15.1. The number of benzene rings is 10. The quantitative estimate of drug-likeness (QED) is 0.178. The van der Waals surface area contributed by atoms with Crippen LogP contribution in [0.2, 0.25) is 0 Å². The van der Waals surface area contributed by atoms with Crippen molar-refractivity contribution < 1.29 is 0 Å². The molecule has 4 nitrogen and oxygen atoms in total. The lowest BCUT2D eigenvalue weighted by Crippen LogP contribution is -2.33. The smallest absolute Gasteiger partial charge is 0.159 e. The Labute approximate surface area is 383 Å². The van der Waals surface area contributed by atoms with Gasteiger partial charge in [0.05, 0.1) is 11.0 Å². The second kappa shape index (κ2) is 14.9. The van der Waals surface area contributed by atoms with E-state index < -0.39 is 0 Å². The van der Waals surface area contributed by atoms with Crippen LogP contribution in [0.3, 0.4) is 0 Å². The topological polar surface area (TPSA) is 41.7 Å². The summed E-state index contributed by atoms with van der Waals surface area (Å²) in [4.78, 5) is 10.4. The fourth-order valence-corrected chi connectivity index (χ4v) is 10.5. The highest BCUT2D eigenvalue weighted by Crippen LogP contribution is 2.49. The van der Waals surface area contributed by atoms with Crippen LogP contribution in [0.25, 0.3) is 82.4 Å². The predicted octanol–water partition coefficient (Wildman–Crippen LogP) is 15.2. The highest BCUT2D eigenvalue weighted by atomic mass is 15.2. The van der Waals surface area contributed by atoms with E-state index in [9.17, 15) is 0 Å². The third kappa shape index (κ3) is 6.21. The Bertz CT molecular complexity index is 3810. The Morgan fingerprint density at radius 3 is 1.74 bits per heavy atom. The van der Waals surface area contributed by atoms with Crippen LogP contribution in [-0.2, 0) is 5.41 Å². The highest BCUT2D eigenvalue weighted by Gasteiger charge is 2.35. The van der Waals surface area contributed by atoms with Gasteiger partial charge in [0.15, 0.2) is 5.84 Å². The number of hydrogen-bond donors (Lipinski definition) is 1. The number of amidine groups is 2. The molecule has 11 aromatic rings. The van der Waals surface area contributed by atoms with Gasteiger partial charge >= 0.3 is 0 Å². The minimum Gasteiger partial charge on any atom is -0.344 e. The molecular weight excluding hydrogens is 801 g/mol. The number of hydrogen-bond acceptors (Lipinski definition) is 3. The number of rotatable bonds is 6. The number of aromatic nitrogens is 1. The summed E-state index contributed by atoms with van der Waals surface area (Å²) in [5, 5.41) is 10.9. The molecule has 0 amide bonds. The lowest BCUT2D eigenvalue weighted by atomic mass is 9.81. The highest BCUT2D eigenvalue weighted by molar-refractivity contribution is 6.15. The average Bonchev–Trinajstić information content (AvgIpc) is 3.83. The van der Waals surface area contributed by atoms with Crippen LogP contribution in [0.4, 0.5) is 0 Å². The average molecular weight is 845 g/mol. The molecule has 1 atom stereocenters. The summed E-state index contributed by atoms with van der Waals surface area (Å²) in [5.74, 6) is 1.51. The van der Waals surface area contributed by atoms with E-state index in [1.54, 1.807) is 0 Å². The van der Waals surface area contributed by atoms with Gasteiger partial charge in [-0.3, -0.25) is 0 Å². The molecule has 1 aliphatic heterocycles. The predicted molar refractivity (Wildman–Crippen MR) is 276 cm³/mol. The van der Waals surface area contributed by atoms with Crippen molar-refractivity contribution in [3.05, 3.63) is 246 Å². The summed E-state index contributed by atoms with van der Waals surface area (Å²) in [7, 11) is 0. The maximum Gasteiger partial charge on any atom is 0.159 e. The maximum atomic E-state index is 5.27. The van der Waals surface area contributed by atoms with Crippen LogP contribution in [0.15, 0.2) is 228 Å². The van der Waals surface area contributed by atoms with Crippen LogP contribution in [0, 0.1) is 0 Å². The Morgan fingerprint density at radius 1 is 0.424 bits per heavy atom. The molecule has 10 aromatic carbocycles. The molecule has 1 aromatic heterocycles. The molecule has 66 heavy (non-hydrogen) atoms. The zero-order valence-electron chi connectivity index (χ0n) is 36.7. The summed E-state index contributed by atoms with van der Waals surface area (Å²) in [6, 6.07) is 79.3. The summed E-state index contributed by atoms with van der Waals surface area (Å²) in [6.07, 6.45) is -0.341. The van der Waals surface area contributed by atoms with E-state index in [0.717, 1.165) is 33.6 Å². The lowest BCUT2D eigenvalue weighted by molar-refractivity contribution is 0.660. The fourth-order valence-electron chi connectivity index (χ4n) is 10.5. The molecule has 1 aliphatic carbocycles. The molecule has 0 saturated heterocycles. The van der Waals surface area contributed by atoms with Gasteiger partial charge in [-0.2, -0.15) is 0 Å². The third-order valence-electron chi connectivity index (χ3n) is 14.0. The van der Waals surface area contributed by atoms with Crippen molar-refractivity contribution in [2.45, 2.75) is 25.4 Å². The molecule has 312 valence electrons. The molecule has 0 radical (unpaired) electrons. The summed E-state index contributed by atoms with van der Waals surface area (Å²) in [5.41, 5.74) is 16.8. The van der Waals surface area contributed by atoms with Gasteiger partial charge in [0.25, 0.3) is 0 Å². The van der Waals surface area contributed by atoms with Crippen molar-refractivity contribution in [3.63, 3.8) is 0 Å². The van der Waals surface area contributed by atoms with Crippen molar-refractivity contribution >= 4 is 55.0 Å². The van der Waals surface area contributed by atoms with Crippen molar-refractivity contribution in [1.29, 1.82) is 0 Å².